The van der Waals surface area contributed by atoms with Crippen molar-refractivity contribution in [2.75, 3.05) is 13.2 Å². The van der Waals surface area contributed by atoms with Gasteiger partial charge in [0.1, 0.15) is 6.10 Å². The third-order valence-corrected chi connectivity index (χ3v) is 3.68. The lowest BCUT2D eigenvalue weighted by Crippen LogP contribution is -2.43. The first-order valence-corrected chi connectivity index (χ1v) is 7.92. The zero-order valence-corrected chi connectivity index (χ0v) is 13.6. The molecule has 1 heterocycles. The van der Waals surface area contributed by atoms with Gasteiger partial charge in [-0.2, -0.15) is 0 Å². The van der Waals surface area contributed by atoms with E-state index in [-0.39, 0.29) is 17.9 Å². The van der Waals surface area contributed by atoms with Crippen LogP contribution in [-0.2, 0) is 14.3 Å². The number of nitrogens with one attached hydrogen (secondary N) is 1. The molecule has 2 atom stereocenters. The van der Waals surface area contributed by atoms with Crippen molar-refractivity contribution >= 4 is 22.8 Å². The van der Waals surface area contributed by atoms with Crippen molar-refractivity contribution in [2.45, 2.75) is 58.5 Å². The Morgan fingerprint density at radius 1 is 1.43 bits per heavy atom. The van der Waals surface area contributed by atoms with E-state index in [1.165, 1.54) is 12.8 Å². The molecule has 0 aromatic heterocycles. The molecule has 1 aliphatic heterocycles. The molecule has 21 heavy (non-hydrogen) atoms. The second kappa shape index (κ2) is 9.07. The van der Waals surface area contributed by atoms with Gasteiger partial charge in [-0.15, -0.1) is 5.92 Å². The van der Waals surface area contributed by atoms with Crippen LogP contribution in [0.15, 0.2) is 0 Å². The number of halogens is 1. The number of carbonyl (C=O) groups is 2. The fourth-order valence-electron chi connectivity index (χ4n) is 2.20. The summed E-state index contributed by atoms with van der Waals surface area (Å²) in [6, 6.07) is 0. The summed E-state index contributed by atoms with van der Waals surface area (Å²) in [5.41, 5.74) is -0.175. The molecule has 1 amide bonds. The van der Waals surface area contributed by atoms with Gasteiger partial charge in [-0.05, 0) is 37.8 Å². The lowest BCUT2D eigenvalue weighted by Gasteiger charge is -2.32. The summed E-state index contributed by atoms with van der Waals surface area (Å²) >= 11 is 5.19. The van der Waals surface area contributed by atoms with Gasteiger partial charge >= 0.3 is 0 Å². The Hall–Kier alpha value is -1.05. The molecule has 2 unspecified atom stereocenters. The summed E-state index contributed by atoms with van der Waals surface area (Å²) in [5, 5.41) is 1.88. The zero-order valence-electron chi connectivity index (χ0n) is 12.8. The highest BCUT2D eigenvalue weighted by molar-refractivity contribution is 6.64. The largest absolute Gasteiger partial charge is 0.367 e. The van der Waals surface area contributed by atoms with Gasteiger partial charge in [-0.1, -0.05) is 25.7 Å². The number of hydrogen-bond donors (Lipinski definition) is 1. The number of amides is 1. The van der Waals surface area contributed by atoms with Gasteiger partial charge in [0, 0.05) is 6.42 Å². The summed E-state index contributed by atoms with van der Waals surface area (Å²) in [6.45, 7) is 4.53. The molecule has 0 bridgehead atoms. The average molecular weight is 314 g/mol. The lowest BCUT2D eigenvalue weighted by molar-refractivity contribution is -0.139. The molecule has 0 aromatic carbocycles. The van der Waals surface area contributed by atoms with Crippen LogP contribution in [0, 0.1) is 17.3 Å². The summed E-state index contributed by atoms with van der Waals surface area (Å²) in [4.78, 5) is 22.4. The van der Waals surface area contributed by atoms with Gasteiger partial charge in [0.05, 0.1) is 18.6 Å². The standard InChI is InChI=1S/C16H24ClNO3/c1-3-4-5-6-7-9-16(2)10-8-13(21-12-16)15(20)18-11-14(17)19/h13H,3-6,8,10-12H2,1-2H3,(H,18,20). The van der Waals surface area contributed by atoms with Crippen molar-refractivity contribution in [1.29, 1.82) is 0 Å². The van der Waals surface area contributed by atoms with Gasteiger partial charge in [-0.3, -0.25) is 9.59 Å². The van der Waals surface area contributed by atoms with E-state index in [1.807, 2.05) is 0 Å². The monoisotopic (exact) mass is 313 g/mol. The van der Waals surface area contributed by atoms with E-state index in [0.29, 0.717) is 13.0 Å². The Morgan fingerprint density at radius 2 is 2.19 bits per heavy atom. The van der Waals surface area contributed by atoms with Crippen LogP contribution >= 0.6 is 11.6 Å². The van der Waals surface area contributed by atoms with Gasteiger partial charge in [0.15, 0.2) is 0 Å². The predicted molar refractivity (Wildman–Crippen MR) is 82.9 cm³/mol. The number of rotatable bonds is 6. The third kappa shape index (κ3) is 6.97. The fourth-order valence-corrected chi connectivity index (χ4v) is 2.27. The van der Waals surface area contributed by atoms with E-state index in [2.05, 4.69) is 31.0 Å². The van der Waals surface area contributed by atoms with Gasteiger partial charge in [-0.25, -0.2) is 0 Å². The summed E-state index contributed by atoms with van der Waals surface area (Å²) in [6.07, 6.45) is 5.40. The summed E-state index contributed by atoms with van der Waals surface area (Å²) in [5.74, 6) is 6.23. The van der Waals surface area contributed by atoms with Crippen molar-refractivity contribution in [3.8, 4) is 11.8 Å². The molecule has 0 aromatic rings. The van der Waals surface area contributed by atoms with Crippen molar-refractivity contribution < 1.29 is 14.3 Å². The highest BCUT2D eigenvalue weighted by atomic mass is 35.5. The van der Waals surface area contributed by atoms with Crippen LogP contribution in [0.5, 0.6) is 0 Å². The smallest absolute Gasteiger partial charge is 0.249 e. The van der Waals surface area contributed by atoms with Crippen molar-refractivity contribution in [3.05, 3.63) is 0 Å². The van der Waals surface area contributed by atoms with Crippen molar-refractivity contribution in [1.82, 2.24) is 5.32 Å². The predicted octanol–water partition coefficient (Wildman–Crippen LogP) is 2.64. The Morgan fingerprint density at radius 3 is 2.76 bits per heavy atom. The van der Waals surface area contributed by atoms with Gasteiger partial charge in [0.2, 0.25) is 11.1 Å². The van der Waals surface area contributed by atoms with Crippen LogP contribution in [0.4, 0.5) is 0 Å². The van der Waals surface area contributed by atoms with E-state index in [4.69, 9.17) is 16.3 Å². The topological polar surface area (TPSA) is 55.4 Å². The fraction of sp³-hybridized carbons (Fsp3) is 0.750. The minimum Gasteiger partial charge on any atom is -0.367 e. The third-order valence-electron chi connectivity index (χ3n) is 3.55. The van der Waals surface area contributed by atoms with Crippen LogP contribution in [0.25, 0.3) is 0 Å². The molecule has 1 N–H and O–H groups in total. The molecule has 1 saturated heterocycles. The molecule has 4 nitrogen and oxygen atoms in total. The molecule has 1 aliphatic rings. The van der Waals surface area contributed by atoms with Crippen LogP contribution in [0.1, 0.15) is 52.4 Å². The Kier molecular flexibility index (Phi) is 7.77. The average Bonchev–Trinajstić information content (AvgIpc) is 2.45. The van der Waals surface area contributed by atoms with E-state index >= 15 is 0 Å². The molecule has 1 fully saturated rings. The minimum absolute atomic E-state index is 0.158. The van der Waals surface area contributed by atoms with Gasteiger partial charge < -0.3 is 10.1 Å². The molecule has 118 valence electrons. The quantitative estimate of drug-likeness (QED) is 0.466. The zero-order chi connectivity index (χ0) is 15.7. The second-order valence-electron chi connectivity index (χ2n) is 5.73. The Labute approximate surface area is 131 Å². The summed E-state index contributed by atoms with van der Waals surface area (Å²) in [7, 11) is 0. The van der Waals surface area contributed by atoms with Gasteiger partial charge in [0.25, 0.3) is 0 Å². The molecular weight excluding hydrogens is 290 g/mol. The molecule has 5 heteroatoms. The van der Waals surface area contributed by atoms with E-state index < -0.39 is 11.3 Å². The van der Waals surface area contributed by atoms with E-state index in [1.54, 1.807) is 0 Å². The molecule has 0 radical (unpaired) electrons. The maximum Gasteiger partial charge on any atom is 0.249 e. The molecule has 0 aliphatic carbocycles. The number of carbonyl (C=O) groups excluding carboxylic acids is 2. The normalized spacial score (nSPS) is 24.8. The molecule has 1 rings (SSSR count). The molecular formula is C16H24ClNO3. The van der Waals surface area contributed by atoms with Crippen LogP contribution in [-0.4, -0.2) is 30.4 Å². The SMILES string of the molecule is CCCCCC#CC1(C)CCC(C(=O)NCC(=O)Cl)OC1. The van der Waals surface area contributed by atoms with E-state index in [9.17, 15) is 9.59 Å². The highest BCUT2D eigenvalue weighted by Crippen LogP contribution is 2.30. The highest BCUT2D eigenvalue weighted by Gasteiger charge is 2.33. The minimum atomic E-state index is -0.582. The first-order valence-electron chi connectivity index (χ1n) is 7.54. The van der Waals surface area contributed by atoms with Crippen molar-refractivity contribution in [3.63, 3.8) is 0 Å². The van der Waals surface area contributed by atoms with Crippen molar-refractivity contribution in [2.24, 2.45) is 5.41 Å². The number of unbranched alkanes of at least 4 members (excludes halogenated alkanes) is 3. The van der Waals surface area contributed by atoms with Crippen LogP contribution in [0.2, 0.25) is 0 Å². The molecule has 0 spiro atoms. The van der Waals surface area contributed by atoms with Crippen LogP contribution < -0.4 is 5.32 Å². The van der Waals surface area contributed by atoms with E-state index in [0.717, 1.165) is 19.3 Å². The lowest BCUT2D eigenvalue weighted by atomic mass is 9.83. The summed E-state index contributed by atoms with van der Waals surface area (Å²) < 4.78 is 5.60. The van der Waals surface area contributed by atoms with Crippen LogP contribution in [0.3, 0.4) is 0 Å². The number of ether oxygens (including phenoxy) is 1. The molecule has 0 saturated carbocycles. The Balaban J connectivity index is 2.36. The maximum absolute atomic E-state index is 11.8. The maximum atomic E-state index is 11.8. The first kappa shape index (κ1) is 18.0. The Bertz CT molecular complexity index is 417. The second-order valence-corrected chi connectivity index (χ2v) is 6.15. The first-order chi connectivity index (χ1) is 9.97. The number of hydrogen-bond acceptors (Lipinski definition) is 3.